The topological polar surface area (TPSA) is 47.3 Å². The Morgan fingerprint density at radius 2 is 2.11 bits per heavy atom. The molecule has 3 heteroatoms. The molecule has 0 spiro atoms. The lowest BCUT2D eigenvalue weighted by Crippen LogP contribution is -2.34. The SMILES string of the molecule is CCOc1cccc(C(NN)C2CCCCC2)c1. The number of nitrogens with one attached hydrogen (secondary N) is 1. The highest BCUT2D eigenvalue weighted by atomic mass is 16.5. The van der Waals surface area contributed by atoms with Gasteiger partial charge in [-0.25, -0.2) is 0 Å². The minimum atomic E-state index is 0.255. The normalized spacial score (nSPS) is 18.6. The molecule has 2 rings (SSSR count). The number of hydrazine groups is 1. The number of nitrogens with two attached hydrogens (primary N) is 1. The zero-order chi connectivity index (χ0) is 12.8. The third kappa shape index (κ3) is 3.24. The van der Waals surface area contributed by atoms with Gasteiger partial charge in [0.25, 0.3) is 0 Å². The first kappa shape index (κ1) is 13.4. The van der Waals surface area contributed by atoms with E-state index < -0.39 is 0 Å². The number of hydrogen-bond donors (Lipinski definition) is 2. The largest absolute Gasteiger partial charge is 0.494 e. The summed E-state index contributed by atoms with van der Waals surface area (Å²) < 4.78 is 5.56. The Bertz CT molecular complexity index is 361. The lowest BCUT2D eigenvalue weighted by atomic mass is 9.81. The number of rotatable bonds is 5. The maximum atomic E-state index is 5.77. The molecular formula is C15H24N2O. The molecule has 0 aromatic heterocycles. The van der Waals surface area contributed by atoms with Gasteiger partial charge in [0.2, 0.25) is 0 Å². The lowest BCUT2D eigenvalue weighted by Gasteiger charge is -2.30. The van der Waals surface area contributed by atoms with Crippen molar-refractivity contribution in [1.82, 2.24) is 5.43 Å². The van der Waals surface area contributed by atoms with Gasteiger partial charge in [0.15, 0.2) is 0 Å². The van der Waals surface area contributed by atoms with Gasteiger partial charge in [-0.3, -0.25) is 11.3 Å². The summed E-state index contributed by atoms with van der Waals surface area (Å²) in [6.45, 7) is 2.71. The van der Waals surface area contributed by atoms with E-state index in [1.165, 1.54) is 37.7 Å². The lowest BCUT2D eigenvalue weighted by molar-refractivity contribution is 0.272. The Balaban J connectivity index is 2.12. The van der Waals surface area contributed by atoms with Crippen LogP contribution in [0.3, 0.4) is 0 Å². The van der Waals surface area contributed by atoms with Crippen molar-refractivity contribution in [2.24, 2.45) is 11.8 Å². The van der Waals surface area contributed by atoms with Crippen LogP contribution in [0.4, 0.5) is 0 Å². The van der Waals surface area contributed by atoms with E-state index in [1.807, 2.05) is 19.1 Å². The van der Waals surface area contributed by atoms with E-state index in [0.717, 1.165) is 5.75 Å². The molecule has 0 radical (unpaired) electrons. The fourth-order valence-corrected chi connectivity index (χ4v) is 2.94. The molecule has 3 nitrogen and oxygen atoms in total. The molecule has 0 heterocycles. The van der Waals surface area contributed by atoms with Crippen LogP contribution < -0.4 is 16.0 Å². The van der Waals surface area contributed by atoms with Crippen LogP contribution in [0.15, 0.2) is 24.3 Å². The van der Waals surface area contributed by atoms with Gasteiger partial charge in [-0.15, -0.1) is 0 Å². The number of hydrogen-bond acceptors (Lipinski definition) is 3. The minimum absolute atomic E-state index is 0.255. The Morgan fingerprint density at radius 1 is 1.33 bits per heavy atom. The third-order valence-corrected chi connectivity index (χ3v) is 3.83. The van der Waals surface area contributed by atoms with Crippen molar-refractivity contribution < 1.29 is 4.74 Å². The van der Waals surface area contributed by atoms with Crippen LogP contribution in [-0.4, -0.2) is 6.61 Å². The van der Waals surface area contributed by atoms with Crippen LogP contribution in [0.1, 0.15) is 50.6 Å². The van der Waals surface area contributed by atoms with E-state index in [0.29, 0.717) is 12.5 Å². The van der Waals surface area contributed by atoms with Crippen molar-refractivity contribution in [2.45, 2.75) is 45.1 Å². The number of benzene rings is 1. The molecule has 3 N–H and O–H groups in total. The fourth-order valence-electron chi connectivity index (χ4n) is 2.94. The highest BCUT2D eigenvalue weighted by Gasteiger charge is 2.24. The van der Waals surface area contributed by atoms with Crippen LogP contribution in [0.2, 0.25) is 0 Å². The van der Waals surface area contributed by atoms with E-state index >= 15 is 0 Å². The van der Waals surface area contributed by atoms with Crippen LogP contribution >= 0.6 is 0 Å². The minimum Gasteiger partial charge on any atom is -0.494 e. The Morgan fingerprint density at radius 3 is 2.78 bits per heavy atom. The monoisotopic (exact) mass is 248 g/mol. The molecule has 0 amide bonds. The van der Waals surface area contributed by atoms with Crippen LogP contribution in [0, 0.1) is 5.92 Å². The summed E-state index contributed by atoms with van der Waals surface area (Å²) in [5, 5.41) is 0. The summed E-state index contributed by atoms with van der Waals surface area (Å²) in [7, 11) is 0. The van der Waals surface area contributed by atoms with E-state index in [9.17, 15) is 0 Å². The van der Waals surface area contributed by atoms with Gasteiger partial charge in [0, 0.05) is 6.04 Å². The molecule has 1 atom stereocenters. The molecule has 1 aromatic rings. The van der Waals surface area contributed by atoms with Gasteiger partial charge in [-0.1, -0.05) is 31.4 Å². The summed E-state index contributed by atoms with van der Waals surface area (Å²) in [5.74, 6) is 7.36. The zero-order valence-corrected chi connectivity index (χ0v) is 11.2. The first-order valence-electron chi connectivity index (χ1n) is 7.04. The highest BCUT2D eigenvalue weighted by Crippen LogP contribution is 2.34. The molecule has 0 bridgehead atoms. The van der Waals surface area contributed by atoms with Crippen molar-refractivity contribution in [3.8, 4) is 5.75 Å². The molecule has 18 heavy (non-hydrogen) atoms. The standard InChI is InChI=1S/C15H24N2O/c1-2-18-14-10-6-9-13(11-14)15(17-16)12-7-4-3-5-8-12/h6,9-12,15,17H,2-5,7-8,16H2,1H3. The Kier molecular flexibility index (Phi) is 5.02. The molecule has 1 fully saturated rings. The maximum Gasteiger partial charge on any atom is 0.119 e. The molecule has 1 unspecified atom stereocenters. The van der Waals surface area contributed by atoms with Gasteiger partial charge in [0.05, 0.1) is 6.61 Å². The molecule has 0 saturated heterocycles. The predicted octanol–water partition coefficient (Wildman–Crippen LogP) is 3.17. The van der Waals surface area contributed by atoms with Gasteiger partial charge in [-0.05, 0) is 43.4 Å². The van der Waals surface area contributed by atoms with Gasteiger partial charge >= 0.3 is 0 Å². The summed E-state index contributed by atoms with van der Waals surface area (Å²) in [4.78, 5) is 0. The average molecular weight is 248 g/mol. The van der Waals surface area contributed by atoms with Crippen molar-refractivity contribution in [2.75, 3.05) is 6.61 Å². The summed E-state index contributed by atoms with van der Waals surface area (Å²) in [5.41, 5.74) is 4.25. The third-order valence-electron chi connectivity index (χ3n) is 3.83. The Labute approximate surface area is 110 Å². The van der Waals surface area contributed by atoms with E-state index in [1.54, 1.807) is 0 Å². The van der Waals surface area contributed by atoms with E-state index in [2.05, 4.69) is 17.6 Å². The molecule has 1 saturated carbocycles. The predicted molar refractivity (Wildman–Crippen MR) is 74.3 cm³/mol. The van der Waals surface area contributed by atoms with Gasteiger partial charge in [0.1, 0.15) is 5.75 Å². The van der Waals surface area contributed by atoms with Crippen LogP contribution in [0.25, 0.3) is 0 Å². The molecule has 1 aromatic carbocycles. The second-order valence-electron chi connectivity index (χ2n) is 5.05. The quantitative estimate of drug-likeness (QED) is 0.621. The van der Waals surface area contributed by atoms with Crippen molar-refractivity contribution in [3.05, 3.63) is 29.8 Å². The highest BCUT2D eigenvalue weighted by molar-refractivity contribution is 5.31. The summed E-state index contributed by atoms with van der Waals surface area (Å²) in [6, 6.07) is 8.56. The van der Waals surface area contributed by atoms with Gasteiger partial charge in [-0.2, -0.15) is 0 Å². The first-order chi connectivity index (χ1) is 8.85. The first-order valence-corrected chi connectivity index (χ1v) is 7.04. The Hall–Kier alpha value is -1.06. The molecular weight excluding hydrogens is 224 g/mol. The number of ether oxygens (including phenoxy) is 1. The molecule has 100 valence electrons. The van der Waals surface area contributed by atoms with Crippen molar-refractivity contribution in [3.63, 3.8) is 0 Å². The van der Waals surface area contributed by atoms with Crippen molar-refractivity contribution in [1.29, 1.82) is 0 Å². The van der Waals surface area contributed by atoms with E-state index in [-0.39, 0.29) is 6.04 Å². The summed E-state index contributed by atoms with van der Waals surface area (Å²) in [6.07, 6.45) is 6.57. The van der Waals surface area contributed by atoms with Crippen molar-refractivity contribution >= 4 is 0 Å². The van der Waals surface area contributed by atoms with Gasteiger partial charge < -0.3 is 4.74 Å². The van der Waals surface area contributed by atoms with E-state index in [4.69, 9.17) is 10.6 Å². The second-order valence-corrected chi connectivity index (χ2v) is 5.05. The second kappa shape index (κ2) is 6.76. The van der Waals surface area contributed by atoms with Crippen LogP contribution in [0.5, 0.6) is 5.75 Å². The fraction of sp³-hybridized carbons (Fsp3) is 0.600. The maximum absolute atomic E-state index is 5.77. The molecule has 1 aliphatic carbocycles. The molecule has 0 aliphatic heterocycles. The average Bonchev–Trinajstić information content (AvgIpc) is 2.42. The zero-order valence-electron chi connectivity index (χ0n) is 11.2. The molecule has 1 aliphatic rings. The smallest absolute Gasteiger partial charge is 0.119 e. The van der Waals surface area contributed by atoms with Crippen LogP contribution in [-0.2, 0) is 0 Å². The summed E-state index contributed by atoms with van der Waals surface area (Å²) >= 11 is 0.